The fourth-order valence-corrected chi connectivity index (χ4v) is 1.40. The second-order valence-corrected chi connectivity index (χ2v) is 4.48. The van der Waals surface area contributed by atoms with Crippen LogP contribution in [0.1, 0.15) is 25.8 Å². The number of hydrogen-bond donors (Lipinski definition) is 2. The third-order valence-electron chi connectivity index (χ3n) is 2.31. The van der Waals surface area contributed by atoms with Crippen LogP contribution >= 0.6 is 0 Å². The zero-order valence-corrected chi connectivity index (χ0v) is 9.58. The van der Waals surface area contributed by atoms with Gasteiger partial charge in [-0.3, -0.25) is 0 Å². The standard InChI is InChI=1S/C12H19NO2/c1-12(2,13)7-6-9-4-5-10(14)8-11(9)15-3/h4-5,8,14H,6-7,13H2,1-3H3. The fraction of sp³-hybridized carbons (Fsp3) is 0.500. The number of hydrogen-bond acceptors (Lipinski definition) is 3. The largest absolute Gasteiger partial charge is 0.508 e. The summed E-state index contributed by atoms with van der Waals surface area (Å²) in [5.41, 5.74) is 6.81. The van der Waals surface area contributed by atoms with E-state index < -0.39 is 0 Å². The van der Waals surface area contributed by atoms with Crippen molar-refractivity contribution in [2.45, 2.75) is 32.2 Å². The summed E-state index contributed by atoms with van der Waals surface area (Å²) in [6.45, 7) is 4.00. The zero-order chi connectivity index (χ0) is 11.5. The second-order valence-electron chi connectivity index (χ2n) is 4.48. The molecule has 0 fully saturated rings. The van der Waals surface area contributed by atoms with Crippen molar-refractivity contribution in [3.63, 3.8) is 0 Å². The van der Waals surface area contributed by atoms with Gasteiger partial charge in [0.15, 0.2) is 0 Å². The molecule has 0 atom stereocenters. The van der Waals surface area contributed by atoms with E-state index in [-0.39, 0.29) is 11.3 Å². The van der Waals surface area contributed by atoms with Crippen molar-refractivity contribution >= 4 is 0 Å². The molecule has 0 saturated carbocycles. The highest BCUT2D eigenvalue weighted by molar-refractivity contribution is 5.40. The van der Waals surface area contributed by atoms with Gasteiger partial charge in [-0.15, -0.1) is 0 Å². The Morgan fingerprint density at radius 2 is 2.07 bits per heavy atom. The van der Waals surface area contributed by atoms with Crippen molar-refractivity contribution in [3.8, 4) is 11.5 Å². The van der Waals surface area contributed by atoms with Gasteiger partial charge in [0.2, 0.25) is 0 Å². The molecular formula is C12H19NO2. The van der Waals surface area contributed by atoms with E-state index in [1.54, 1.807) is 19.2 Å². The molecule has 0 aliphatic carbocycles. The van der Waals surface area contributed by atoms with Gasteiger partial charge >= 0.3 is 0 Å². The van der Waals surface area contributed by atoms with Crippen LogP contribution in [0.2, 0.25) is 0 Å². The molecule has 0 aromatic heterocycles. The summed E-state index contributed by atoms with van der Waals surface area (Å²) in [6, 6.07) is 5.17. The minimum atomic E-state index is -0.178. The lowest BCUT2D eigenvalue weighted by Gasteiger charge is -2.19. The zero-order valence-electron chi connectivity index (χ0n) is 9.58. The van der Waals surface area contributed by atoms with Crippen LogP contribution in [0.4, 0.5) is 0 Å². The third-order valence-corrected chi connectivity index (χ3v) is 2.31. The van der Waals surface area contributed by atoms with Crippen LogP contribution in [0, 0.1) is 0 Å². The Hall–Kier alpha value is -1.22. The van der Waals surface area contributed by atoms with Gasteiger partial charge < -0.3 is 15.6 Å². The molecule has 3 nitrogen and oxygen atoms in total. The number of phenols is 1. The minimum Gasteiger partial charge on any atom is -0.508 e. The van der Waals surface area contributed by atoms with Gasteiger partial charge in [0.05, 0.1) is 7.11 Å². The van der Waals surface area contributed by atoms with Crippen molar-refractivity contribution in [3.05, 3.63) is 23.8 Å². The number of benzene rings is 1. The first kappa shape index (κ1) is 11.9. The molecule has 3 N–H and O–H groups in total. The molecule has 1 aromatic rings. The van der Waals surface area contributed by atoms with E-state index in [0.29, 0.717) is 0 Å². The van der Waals surface area contributed by atoms with E-state index in [1.165, 1.54) is 0 Å². The van der Waals surface area contributed by atoms with Gasteiger partial charge in [-0.25, -0.2) is 0 Å². The highest BCUT2D eigenvalue weighted by Crippen LogP contribution is 2.25. The molecule has 0 heterocycles. The van der Waals surface area contributed by atoms with E-state index in [4.69, 9.17) is 10.5 Å². The number of aryl methyl sites for hydroxylation is 1. The fourth-order valence-electron chi connectivity index (χ4n) is 1.40. The van der Waals surface area contributed by atoms with E-state index in [9.17, 15) is 5.11 Å². The van der Waals surface area contributed by atoms with Crippen molar-refractivity contribution in [2.75, 3.05) is 7.11 Å². The Labute approximate surface area is 90.9 Å². The molecule has 3 heteroatoms. The summed E-state index contributed by atoms with van der Waals surface area (Å²) < 4.78 is 5.19. The lowest BCUT2D eigenvalue weighted by Crippen LogP contribution is -2.32. The van der Waals surface area contributed by atoms with Crippen LogP contribution < -0.4 is 10.5 Å². The highest BCUT2D eigenvalue weighted by Gasteiger charge is 2.12. The summed E-state index contributed by atoms with van der Waals surface area (Å²) in [4.78, 5) is 0. The summed E-state index contributed by atoms with van der Waals surface area (Å²) in [5.74, 6) is 0.946. The monoisotopic (exact) mass is 209 g/mol. The number of nitrogens with two attached hydrogens (primary N) is 1. The van der Waals surface area contributed by atoms with E-state index >= 15 is 0 Å². The normalized spacial score (nSPS) is 11.5. The second kappa shape index (κ2) is 4.53. The molecule has 0 unspecified atom stereocenters. The van der Waals surface area contributed by atoms with Crippen LogP contribution in [0.3, 0.4) is 0 Å². The molecule has 0 bridgehead atoms. The molecule has 0 amide bonds. The number of rotatable bonds is 4. The third kappa shape index (κ3) is 3.80. The molecule has 84 valence electrons. The molecule has 1 aromatic carbocycles. The quantitative estimate of drug-likeness (QED) is 0.798. The highest BCUT2D eigenvalue weighted by atomic mass is 16.5. The molecule has 0 aliphatic rings. The van der Waals surface area contributed by atoms with Crippen molar-refractivity contribution in [2.24, 2.45) is 5.73 Å². The Morgan fingerprint density at radius 1 is 1.40 bits per heavy atom. The van der Waals surface area contributed by atoms with Crippen LogP contribution in [0.15, 0.2) is 18.2 Å². The summed E-state index contributed by atoms with van der Waals surface area (Å²) in [5, 5.41) is 9.29. The topological polar surface area (TPSA) is 55.5 Å². The van der Waals surface area contributed by atoms with E-state index in [2.05, 4.69) is 0 Å². The van der Waals surface area contributed by atoms with Crippen LogP contribution in [-0.4, -0.2) is 17.8 Å². The SMILES string of the molecule is COc1cc(O)ccc1CCC(C)(C)N. The van der Waals surface area contributed by atoms with Gasteiger partial charge in [-0.2, -0.15) is 0 Å². The average molecular weight is 209 g/mol. The number of aromatic hydroxyl groups is 1. The van der Waals surface area contributed by atoms with Gasteiger partial charge in [-0.1, -0.05) is 6.07 Å². The molecule has 0 saturated heterocycles. The first-order valence-electron chi connectivity index (χ1n) is 5.07. The Morgan fingerprint density at radius 3 is 2.60 bits per heavy atom. The van der Waals surface area contributed by atoms with Crippen molar-refractivity contribution in [1.29, 1.82) is 0 Å². The number of ether oxygens (including phenoxy) is 1. The van der Waals surface area contributed by atoms with Crippen LogP contribution in [0.25, 0.3) is 0 Å². The summed E-state index contributed by atoms with van der Waals surface area (Å²) >= 11 is 0. The Bertz CT molecular complexity index is 329. The minimum absolute atomic E-state index is 0.178. The Kier molecular flexibility index (Phi) is 3.58. The predicted octanol–water partition coefficient (Wildman–Crippen LogP) is 2.07. The van der Waals surface area contributed by atoms with Gasteiger partial charge in [-0.05, 0) is 38.3 Å². The lowest BCUT2D eigenvalue weighted by molar-refractivity contribution is 0.398. The molecule has 1 rings (SSSR count). The van der Waals surface area contributed by atoms with E-state index in [1.807, 2.05) is 19.9 Å². The van der Waals surface area contributed by atoms with E-state index in [0.717, 1.165) is 24.2 Å². The molecular weight excluding hydrogens is 190 g/mol. The molecule has 0 spiro atoms. The smallest absolute Gasteiger partial charge is 0.125 e. The number of phenolic OH excluding ortho intramolecular Hbond substituents is 1. The van der Waals surface area contributed by atoms with Crippen LogP contribution in [0.5, 0.6) is 11.5 Å². The lowest BCUT2D eigenvalue weighted by atomic mass is 9.96. The van der Waals surface area contributed by atoms with Gasteiger partial charge in [0.25, 0.3) is 0 Å². The average Bonchev–Trinajstić information content (AvgIpc) is 2.14. The maximum absolute atomic E-state index is 9.29. The molecule has 0 radical (unpaired) electrons. The van der Waals surface area contributed by atoms with Crippen molar-refractivity contribution in [1.82, 2.24) is 0 Å². The van der Waals surface area contributed by atoms with Gasteiger partial charge in [0, 0.05) is 11.6 Å². The summed E-state index contributed by atoms with van der Waals surface area (Å²) in [7, 11) is 1.60. The molecule has 15 heavy (non-hydrogen) atoms. The number of methoxy groups -OCH3 is 1. The first-order valence-corrected chi connectivity index (χ1v) is 5.07. The van der Waals surface area contributed by atoms with Crippen molar-refractivity contribution < 1.29 is 9.84 Å². The summed E-state index contributed by atoms with van der Waals surface area (Å²) in [6.07, 6.45) is 1.74. The maximum atomic E-state index is 9.29. The predicted molar refractivity (Wildman–Crippen MR) is 61.2 cm³/mol. The van der Waals surface area contributed by atoms with Crippen LogP contribution in [-0.2, 0) is 6.42 Å². The van der Waals surface area contributed by atoms with Gasteiger partial charge in [0.1, 0.15) is 11.5 Å². The Balaban J connectivity index is 2.76. The maximum Gasteiger partial charge on any atom is 0.125 e. The molecule has 0 aliphatic heterocycles. The first-order chi connectivity index (χ1) is 6.92.